The summed E-state index contributed by atoms with van der Waals surface area (Å²) >= 11 is 0. The van der Waals surface area contributed by atoms with E-state index in [2.05, 4.69) is 316 Å². The molecule has 0 N–H and O–H groups in total. The standard InChI is InChI=1S/C11H25N.C10H22.3C9H20.C8H18.C7H16.C7H12.6CH4/c1-10(2,3)8-11(4,5)9-12(6)7;1-8(9(2,3)4)10(5,6)7;1-8(2,3)7-9(4,5)6;1-8(2)6-7-9(3,4)5;1-7(2)8(3)9(4,5)6;1-7(2)6-8(3,4)5;1-6(2)7(3,4)5;1-5-6-7(2,3)4;;;;;;/h8-9H2,1-7H3;8H,1-7H3;7H2,1-6H3;8H,6-7H2,1-5H3;7-8H,1-6H3;7H,6H2,1-5H3;6H,1-5H3;1H,6H2,2-4H3;6*1H4. The van der Waals surface area contributed by atoms with Crippen molar-refractivity contribution in [2.24, 2.45) is 95.1 Å². The van der Waals surface area contributed by atoms with Gasteiger partial charge in [0.2, 0.25) is 0 Å². The minimum absolute atomic E-state index is 0. The molecule has 0 aromatic carbocycles. The minimum atomic E-state index is 0. The van der Waals surface area contributed by atoms with Gasteiger partial charge in [-0.15, -0.1) is 12.3 Å². The van der Waals surface area contributed by atoms with Gasteiger partial charge in [0.25, 0.3) is 0 Å². The zero-order valence-corrected chi connectivity index (χ0v) is 59.4. The summed E-state index contributed by atoms with van der Waals surface area (Å²) in [6.07, 6.45) is 12.5. The zero-order chi connectivity index (χ0) is 60.2. The molecule has 0 aliphatic rings. The SMILES string of the molecule is C.C.C.C.C.C.C#CCC(C)(C)C.CC(C(C)(C)C)C(C)(C)C.CC(C)(C)CC(C)(C)C.CC(C)C(C)(C)C.CC(C)C(C)C(C)(C)C.CC(C)CC(C)(C)C.CC(C)CCC(C)(C)C.CN(C)CC(C)(C)CC(C)(C)C. The summed E-state index contributed by atoms with van der Waals surface area (Å²) in [5.74, 6) is 7.51. The lowest BCUT2D eigenvalue weighted by atomic mass is 9.68. The monoisotopic (exact) mass is 1100 g/mol. The van der Waals surface area contributed by atoms with Crippen LogP contribution in [0.2, 0.25) is 0 Å². The fraction of sp³-hybridized carbons (Fsp3) is 0.974. The Hall–Kier alpha value is -0.480. The van der Waals surface area contributed by atoms with Crippen LogP contribution in [0.15, 0.2) is 0 Å². The van der Waals surface area contributed by atoms with Gasteiger partial charge < -0.3 is 4.90 Å². The van der Waals surface area contributed by atoms with E-state index in [-0.39, 0.29) is 44.6 Å². The molecule has 0 aliphatic heterocycles. The second kappa shape index (κ2) is 46.9. The Bertz CT molecular complexity index is 1190. The van der Waals surface area contributed by atoms with Crippen molar-refractivity contribution >= 4 is 0 Å². The molecule has 486 valence electrons. The van der Waals surface area contributed by atoms with E-state index in [1.165, 1.54) is 38.6 Å². The fourth-order valence-electron chi connectivity index (χ4n) is 8.49. The van der Waals surface area contributed by atoms with Crippen molar-refractivity contribution < 1.29 is 0 Å². The quantitative estimate of drug-likeness (QED) is 0.230. The van der Waals surface area contributed by atoms with E-state index in [0.29, 0.717) is 59.6 Å². The lowest BCUT2D eigenvalue weighted by Gasteiger charge is -2.38. The Kier molecular flexibility index (Phi) is 68.1. The highest BCUT2D eigenvalue weighted by atomic mass is 15.1. The van der Waals surface area contributed by atoms with Crippen molar-refractivity contribution in [3.05, 3.63) is 0 Å². The molecule has 0 spiro atoms. The summed E-state index contributed by atoms with van der Waals surface area (Å²) in [7, 11) is 4.29. The van der Waals surface area contributed by atoms with Crippen molar-refractivity contribution in [1.29, 1.82) is 0 Å². The van der Waals surface area contributed by atoms with Crippen LogP contribution in [-0.2, 0) is 0 Å². The molecule has 77 heavy (non-hydrogen) atoms. The third-order valence-electron chi connectivity index (χ3n) is 12.6. The molecule has 1 unspecified atom stereocenters. The average molecular weight is 1110 g/mol. The average Bonchev–Trinajstić information content (AvgIpc) is 2.97. The maximum absolute atomic E-state index is 5.06. The second-order valence-corrected chi connectivity index (χ2v) is 36.4. The number of hydrogen-bond acceptors (Lipinski definition) is 1. The van der Waals surface area contributed by atoms with Crippen LogP contribution in [0.5, 0.6) is 0 Å². The molecule has 0 heterocycles. The molecule has 0 rings (SSSR count). The highest BCUT2D eigenvalue weighted by Crippen LogP contribution is 2.39. The Balaban J connectivity index is -0.0000000488. The van der Waals surface area contributed by atoms with Gasteiger partial charge in [-0.1, -0.05) is 342 Å². The zero-order valence-electron chi connectivity index (χ0n) is 59.4. The first kappa shape index (κ1) is 112. The lowest BCUT2D eigenvalue weighted by Crippen LogP contribution is -2.32. The molecule has 0 aliphatic carbocycles. The summed E-state index contributed by atoms with van der Waals surface area (Å²) in [6.45, 7) is 97.1. The van der Waals surface area contributed by atoms with Crippen molar-refractivity contribution in [2.45, 2.75) is 374 Å². The predicted molar refractivity (Wildman–Crippen MR) is 381 cm³/mol. The largest absolute Gasteiger partial charge is 0.309 e. The van der Waals surface area contributed by atoms with E-state index in [1.807, 2.05) is 0 Å². The molecular formula is C76H177N. The van der Waals surface area contributed by atoms with E-state index in [4.69, 9.17) is 6.42 Å². The first-order chi connectivity index (χ1) is 30.2. The van der Waals surface area contributed by atoms with Crippen LogP contribution in [0.4, 0.5) is 0 Å². The van der Waals surface area contributed by atoms with Crippen LogP contribution in [-0.4, -0.2) is 25.5 Å². The van der Waals surface area contributed by atoms with E-state index in [0.717, 1.165) is 41.9 Å². The summed E-state index contributed by atoms with van der Waals surface area (Å²) in [5.41, 5.74) is 5.08. The molecule has 0 amide bonds. The van der Waals surface area contributed by atoms with Crippen LogP contribution in [0.3, 0.4) is 0 Å². The summed E-state index contributed by atoms with van der Waals surface area (Å²) in [4.78, 5) is 2.27. The normalized spacial score (nSPS) is 12.5. The molecule has 0 bridgehead atoms. The molecule has 0 aromatic rings. The van der Waals surface area contributed by atoms with Crippen LogP contribution in [0, 0.1) is 107 Å². The second-order valence-electron chi connectivity index (χ2n) is 36.4. The van der Waals surface area contributed by atoms with Gasteiger partial charge in [-0.3, -0.25) is 0 Å². The smallest absolute Gasteiger partial charge is 0.0135 e. The molecule has 0 saturated heterocycles. The van der Waals surface area contributed by atoms with Gasteiger partial charge >= 0.3 is 0 Å². The van der Waals surface area contributed by atoms with Crippen LogP contribution < -0.4 is 0 Å². The molecule has 0 saturated carbocycles. The first-order valence-corrected chi connectivity index (χ1v) is 29.3. The third-order valence-corrected chi connectivity index (χ3v) is 12.6. The molecule has 0 radical (unpaired) electrons. The maximum Gasteiger partial charge on any atom is 0.0135 e. The van der Waals surface area contributed by atoms with Crippen LogP contribution in [0.25, 0.3) is 0 Å². The van der Waals surface area contributed by atoms with Crippen LogP contribution in [0.1, 0.15) is 374 Å². The Morgan fingerprint density at radius 2 is 0.649 bits per heavy atom. The third kappa shape index (κ3) is 115. The predicted octanol–water partition coefficient (Wildman–Crippen LogP) is 28.6. The van der Waals surface area contributed by atoms with E-state index < -0.39 is 0 Å². The van der Waals surface area contributed by atoms with Gasteiger partial charge in [-0.2, -0.15) is 0 Å². The minimum Gasteiger partial charge on any atom is -0.309 e. The van der Waals surface area contributed by atoms with E-state index in [9.17, 15) is 0 Å². The molecular weight excluding hydrogens is 927 g/mol. The fourth-order valence-corrected chi connectivity index (χ4v) is 8.49. The van der Waals surface area contributed by atoms with Crippen molar-refractivity contribution in [2.75, 3.05) is 20.6 Å². The van der Waals surface area contributed by atoms with Gasteiger partial charge in [0.15, 0.2) is 0 Å². The molecule has 0 aromatic heterocycles. The van der Waals surface area contributed by atoms with Gasteiger partial charge in [0.05, 0.1) is 0 Å². The number of hydrogen-bond donors (Lipinski definition) is 0. The molecule has 1 heteroatoms. The highest BCUT2D eigenvalue weighted by Gasteiger charge is 2.30. The summed E-state index contributed by atoms with van der Waals surface area (Å²) < 4.78 is 0. The summed E-state index contributed by atoms with van der Waals surface area (Å²) in [5, 5.41) is 0. The van der Waals surface area contributed by atoms with Crippen LogP contribution >= 0.6 is 0 Å². The van der Waals surface area contributed by atoms with Crippen molar-refractivity contribution in [3.8, 4) is 12.3 Å². The van der Waals surface area contributed by atoms with Crippen molar-refractivity contribution in [1.82, 2.24) is 4.90 Å². The topological polar surface area (TPSA) is 3.24 Å². The van der Waals surface area contributed by atoms with Gasteiger partial charge in [-0.25, -0.2) is 0 Å². The van der Waals surface area contributed by atoms with Gasteiger partial charge in [0.1, 0.15) is 0 Å². The number of terminal acetylenes is 1. The summed E-state index contributed by atoms with van der Waals surface area (Å²) in [6, 6.07) is 0. The molecule has 1 nitrogen and oxygen atoms in total. The van der Waals surface area contributed by atoms with Crippen molar-refractivity contribution in [3.63, 3.8) is 0 Å². The maximum atomic E-state index is 5.06. The number of rotatable bonds is 7. The molecule has 1 atom stereocenters. The highest BCUT2D eigenvalue weighted by molar-refractivity contribution is 4.88. The van der Waals surface area contributed by atoms with Gasteiger partial charge in [0, 0.05) is 13.0 Å². The van der Waals surface area contributed by atoms with Gasteiger partial charge in [-0.05, 0) is 135 Å². The number of nitrogens with zero attached hydrogens (tertiary/aromatic N) is 1. The molecule has 0 fully saturated rings. The Morgan fingerprint density at radius 3 is 0.701 bits per heavy atom. The van der Waals surface area contributed by atoms with E-state index in [1.54, 1.807) is 0 Å². The first-order valence-electron chi connectivity index (χ1n) is 29.3. The Labute approximate surface area is 504 Å². The Morgan fingerprint density at radius 1 is 0.364 bits per heavy atom. The lowest BCUT2D eigenvalue weighted by molar-refractivity contribution is 0.121. The van der Waals surface area contributed by atoms with E-state index >= 15 is 0 Å².